The van der Waals surface area contributed by atoms with Crippen molar-refractivity contribution >= 4 is 40.9 Å². The van der Waals surface area contributed by atoms with Crippen molar-refractivity contribution in [1.29, 1.82) is 0 Å². The molecule has 0 aliphatic rings. The van der Waals surface area contributed by atoms with Gasteiger partial charge in [0.25, 0.3) is 5.88 Å². The highest BCUT2D eigenvalue weighted by molar-refractivity contribution is 6.42. The molecule has 0 bridgehead atoms. The number of hydrogen-bond acceptors (Lipinski definition) is 7. The van der Waals surface area contributed by atoms with Crippen LogP contribution in [0, 0.1) is 0 Å². The van der Waals surface area contributed by atoms with Gasteiger partial charge in [0.1, 0.15) is 0 Å². The van der Waals surface area contributed by atoms with E-state index >= 15 is 0 Å². The predicted octanol–water partition coefficient (Wildman–Crippen LogP) is 3.04. The van der Waals surface area contributed by atoms with Gasteiger partial charge in [-0.2, -0.15) is 4.80 Å². The number of likely N-dealkylation sites (N-methyl/N-ethyl adjacent to an activating group) is 1. The van der Waals surface area contributed by atoms with Gasteiger partial charge in [0.15, 0.2) is 0 Å². The number of nitrogens with zero attached hydrogens (tertiary/aromatic N) is 4. The monoisotopic (exact) mass is 373 g/mol. The summed E-state index contributed by atoms with van der Waals surface area (Å²) in [6.45, 7) is 1.24. The molecule has 1 aromatic carbocycles. The standard InChI is InChI=1S/C14H17Cl2N5O3/c1-20(2)6-7-21-18-12(13(19-21)24-14(22)23-3)17-9-4-5-10(15)11(16)8-9/h4-5,8H,6-7H2,1-3H3,(H,17,18). The fraction of sp³-hybridized carbons (Fsp3) is 0.357. The van der Waals surface area contributed by atoms with Gasteiger partial charge >= 0.3 is 6.16 Å². The molecule has 1 aromatic heterocycles. The number of methoxy groups -OCH3 is 1. The Balaban J connectivity index is 2.23. The molecule has 8 nitrogen and oxygen atoms in total. The van der Waals surface area contributed by atoms with Gasteiger partial charge in [-0.3, -0.25) is 0 Å². The van der Waals surface area contributed by atoms with Gasteiger partial charge < -0.3 is 19.7 Å². The quantitative estimate of drug-likeness (QED) is 0.779. The van der Waals surface area contributed by atoms with E-state index in [0.717, 1.165) is 6.54 Å². The lowest BCUT2D eigenvalue weighted by Gasteiger charge is -2.07. The van der Waals surface area contributed by atoms with Crippen molar-refractivity contribution in [2.24, 2.45) is 0 Å². The second kappa shape index (κ2) is 8.18. The van der Waals surface area contributed by atoms with Crippen LogP contribution in [0.15, 0.2) is 18.2 Å². The zero-order chi connectivity index (χ0) is 17.7. The molecule has 1 N–H and O–H groups in total. The minimum Gasteiger partial charge on any atom is -0.437 e. The highest BCUT2D eigenvalue weighted by Crippen LogP contribution is 2.29. The van der Waals surface area contributed by atoms with Crippen LogP contribution in [0.3, 0.4) is 0 Å². The van der Waals surface area contributed by atoms with Gasteiger partial charge in [-0.15, -0.1) is 10.2 Å². The summed E-state index contributed by atoms with van der Waals surface area (Å²) in [5.41, 5.74) is 0.624. The first-order chi connectivity index (χ1) is 11.4. The van der Waals surface area contributed by atoms with Gasteiger partial charge in [0.2, 0.25) is 5.82 Å². The van der Waals surface area contributed by atoms with Crippen molar-refractivity contribution in [1.82, 2.24) is 19.9 Å². The average Bonchev–Trinajstić information content (AvgIpc) is 2.90. The van der Waals surface area contributed by atoms with Gasteiger partial charge in [-0.25, -0.2) is 4.79 Å². The van der Waals surface area contributed by atoms with Crippen molar-refractivity contribution in [2.75, 3.05) is 33.1 Å². The largest absolute Gasteiger partial charge is 0.515 e. The molecule has 0 aliphatic heterocycles. The number of nitrogens with one attached hydrogen (secondary N) is 1. The van der Waals surface area contributed by atoms with Crippen LogP contribution in [-0.4, -0.2) is 53.8 Å². The third kappa shape index (κ3) is 4.98. The van der Waals surface area contributed by atoms with Gasteiger partial charge in [0.05, 0.1) is 23.7 Å². The van der Waals surface area contributed by atoms with Crippen LogP contribution in [0.1, 0.15) is 0 Å². The number of rotatable bonds is 6. The van der Waals surface area contributed by atoms with Crippen LogP contribution >= 0.6 is 23.2 Å². The van der Waals surface area contributed by atoms with Crippen LogP contribution in [0.2, 0.25) is 10.0 Å². The third-order valence-corrected chi connectivity index (χ3v) is 3.64. The van der Waals surface area contributed by atoms with Gasteiger partial charge in [-0.1, -0.05) is 23.2 Å². The summed E-state index contributed by atoms with van der Waals surface area (Å²) in [6, 6.07) is 4.99. The van der Waals surface area contributed by atoms with E-state index in [1.54, 1.807) is 18.2 Å². The molecule has 0 unspecified atom stereocenters. The fourth-order valence-electron chi connectivity index (χ4n) is 1.70. The molecule has 130 valence electrons. The van der Waals surface area contributed by atoms with Crippen LogP contribution in [0.4, 0.5) is 16.3 Å². The highest BCUT2D eigenvalue weighted by atomic mass is 35.5. The molecule has 0 atom stereocenters. The Kier molecular flexibility index (Phi) is 6.24. The first kappa shape index (κ1) is 18.3. The Hall–Kier alpha value is -2.03. The smallest absolute Gasteiger partial charge is 0.437 e. The van der Waals surface area contributed by atoms with Crippen molar-refractivity contribution in [3.05, 3.63) is 28.2 Å². The lowest BCUT2D eigenvalue weighted by Crippen LogP contribution is -2.19. The zero-order valence-corrected chi connectivity index (χ0v) is 14.9. The summed E-state index contributed by atoms with van der Waals surface area (Å²) in [6.07, 6.45) is -0.883. The third-order valence-electron chi connectivity index (χ3n) is 2.90. The van der Waals surface area contributed by atoms with E-state index in [0.29, 0.717) is 22.3 Å². The maximum absolute atomic E-state index is 11.4. The van der Waals surface area contributed by atoms with Crippen molar-refractivity contribution in [3.8, 4) is 5.88 Å². The molecular weight excluding hydrogens is 357 g/mol. The molecule has 0 fully saturated rings. The minimum absolute atomic E-state index is 0.00618. The van der Waals surface area contributed by atoms with Crippen LogP contribution < -0.4 is 10.1 Å². The van der Waals surface area contributed by atoms with Gasteiger partial charge in [0, 0.05) is 12.2 Å². The van der Waals surface area contributed by atoms with E-state index in [1.807, 2.05) is 19.0 Å². The minimum atomic E-state index is -0.883. The van der Waals surface area contributed by atoms with Crippen molar-refractivity contribution < 1.29 is 14.3 Å². The molecule has 0 saturated heterocycles. The Bertz CT molecular complexity index is 720. The topological polar surface area (TPSA) is 81.5 Å². The lowest BCUT2D eigenvalue weighted by atomic mass is 10.3. The number of carbonyl (C=O) groups excluding carboxylic acids is 1. The first-order valence-corrected chi connectivity index (χ1v) is 7.72. The predicted molar refractivity (Wildman–Crippen MR) is 91.4 cm³/mol. The van der Waals surface area contributed by atoms with Crippen LogP contribution in [0.25, 0.3) is 0 Å². The van der Waals surface area contributed by atoms with Crippen molar-refractivity contribution in [2.45, 2.75) is 6.54 Å². The zero-order valence-electron chi connectivity index (χ0n) is 13.4. The molecule has 1 heterocycles. The molecule has 0 radical (unpaired) electrons. The molecule has 2 aromatic rings. The van der Waals surface area contributed by atoms with Gasteiger partial charge in [-0.05, 0) is 32.3 Å². The fourth-order valence-corrected chi connectivity index (χ4v) is 2.00. The Morgan fingerprint density at radius 2 is 2.04 bits per heavy atom. The molecule has 24 heavy (non-hydrogen) atoms. The Morgan fingerprint density at radius 3 is 2.67 bits per heavy atom. The Morgan fingerprint density at radius 1 is 1.29 bits per heavy atom. The van der Waals surface area contributed by atoms with Crippen LogP contribution in [-0.2, 0) is 11.3 Å². The van der Waals surface area contributed by atoms with E-state index in [9.17, 15) is 4.79 Å². The summed E-state index contributed by atoms with van der Waals surface area (Å²) in [4.78, 5) is 14.8. The summed E-state index contributed by atoms with van der Waals surface area (Å²) in [5.74, 6) is 0.268. The molecular formula is C14H17Cl2N5O3. The SMILES string of the molecule is COC(=O)Oc1nn(CCN(C)C)nc1Nc1ccc(Cl)c(Cl)c1. The molecule has 0 amide bonds. The lowest BCUT2D eigenvalue weighted by molar-refractivity contribution is 0.119. The number of aromatic nitrogens is 3. The maximum Gasteiger partial charge on any atom is 0.515 e. The molecule has 2 rings (SSSR count). The summed E-state index contributed by atoms with van der Waals surface area (Å²) in [5, 5.41) is 12.2. The number of benzene rings is 1. The second-order valence-corrected chi connectivity index (χ2v) is 5.88. The van der Waals surface area contributed by atoms with Crippen molar-refractivity contribution in [3.63, 3.8) is 0 Å². The van der Waals surface area contributed by atoms with E-state index in [4.69, 9.17) is 27.9 Å². The number of halogens is 2. The maximum atomic E-state index is 11.4. The summed E-state index contributed by atoms with van der Waals surface area (Å²) >= 11 is 11.9. The second-order valence-electron chi connectivity index (χ2n) is 5.06. The normalized spacial score (nSPS) is 10.8. The van der Waals surface area contributed by atoms with Crippen LogP contribution in [0.5, 0.6) is 5.88 Å². The highest BCUT2D eigenvalue weighted by Gasteiger charge is 2.17. The van der Waals surface area contributed by atoms with E-state index in [2.05, 4.69) is 20.3 Å². The number of anilines is 2. The first-order valence-electron chi connectivity index (χ1n) is 6.96. The number of ether oxygens (including phenoxy) is 2. The number of carbonyl (C=O) groups is 1. The summed E-state index contributed by atoms with van der Waals surface area (Å²) in [7, 11) is 5.08. The van der Waals surface area contributed by atoms with E-state index in [1.165, 1.54) is 11.9 Å². The molecule has 10 heteroatoms. The molecule has 0 saturated carbocycles. The Labute approximate surface area is 149 Å². The average molecular weight is 374 g/mol. The summed E-state index contributed by atoms with van der Waals surface area (Å²) < 4.78 is 9.51. The molecule has 0 aliphatic carbocycles. The number of hydrogen-bond donors (Lipinski definition) is 1. The van der Waals surface area contributed by atoms with E-state index in [-0.39, 0.29) is 11.7 Å². The van der Waals surface area contributed by atoms with E-state index < -0.39 is 6.16 Å². The molecule has 0 spiro atoms.